The highest BCUT2D eigenvalue weighted by molar-refractivity contribution is 7.17. The minimum atomic E-state index is -0.424. The molecule has 1 fully saturated rings. The molecule has 2 aromatic rings. The van der Waals surface area contributed by atoms with Crippen molar-refractivity contribution in [3.05, 3.63) is 39.1 Å². The zero-order valence-electron chi connectivity index (χ0n) is 15.9. The first-order valence-corrected chi connectivity index (χ1v) is 10.2. The third-order valence-corrected chi connectivity index (χ3v) is 6.04. The summed E-state index contributed by atoms with van der Waals surface area (Å²) in [4.78, 5) is 31.8. The summed E-state index contributed by atoms with van der Waals surface area (Å²) < 4.78 is 7.98. The van der Waals surface area contributed by atoms with Crippen LogP contribution in [0.4, 0.5) is 0 Å². The highest BCUT2D eigenvalue weighted by Gasteiger charge is 2.29. The lowest BCUT2D eigenvalue weighted by molar-refractivity contribution is 0.0719. The third kappa shape index (κ3) is 4.91. The van der Waals surface area contributed by atoms with Crippen molar-refractivity contribution < 1.29 is 14.3 Å². The fourth-order valence-electron chi connectivity index (χ4n) is 3.19. The molecule has 2 aliphatic heterocycles. The molecule has 2 aromatic heterocycles. The molecule has 0 aliphatic carbocycles. The number of nitrogens with two attached hydrogens (primary N) is 1. The van der Waals surface area contributed by atoms with Crippen LogP contribution in [0, 0.1) is 0 Å². The van der Waals surface area contributed by atoms with Crippen LogP contribution in [-0.4, -0.2) is 71.1 Å². The predicted octanol–water partition coefficient (Wildman–Crippen LogP) is 1.69. The number of fused-ring (bicyclic) bond motifs is 1. The van der Waals surface area contributed by atoms with Gasteiger partial charge in [-0.25, -0.2) is 4.98 Å². The van der Waals surface area contributed by atoms with Crippen molar-refractivity contribution in [2.75, 3.05) is 33.8 Å². The number of aromatic nitrogens is 2. The van der Waals surface area contributed by atoms with Gasteiger partial charge in [-0.05, 0) is 25.6 Å². The largest absolute Gasteiger partial charge is 0.380 e. The summed E-state index contributed by atoms with van der Waals surface area (Å²) in [6, 6.07) is 3.25. The Morgan fingerprint density at radius 3 is 2.68 bits per heavy atom. The summed E-state index contributed by atoms with van der Waals surface area (Å²) in [6.07, 6.45) is 2.98. The first kappa shape index (κ1) is 20.8. The van der Waals surface area contributed by atoms with Crippen molar-refractivity contribution in [1.29, 1.82) is 0 Å². The van der Waals surface area contributed by atoms with Gasteiger partial charge in [0.15, 0.2) is 0 Å². The lowest BCUT2D eigenvalue weighted by atomic mass is 10.3. The van der Waals surface area contributed by atoms with Crippen molar-refractivity contribution >= 4 is 34.8 Å². The third-order valence-electron chi connectivity index (χ3n) is 4.79. The van der Waals surface area contributed by atoms with E-state index in [4.69, 9.17) is 22.1 Å². The van der Waals surface area contributed by atoms with Crippen molar-refractivity contribution in [2.24, 2.45) is 5.73 Å². The molecular weight excluding hydrogens is 402 g/mol. The number of methoxy groups -OCH3 is 1. The summed E-state index contributed by atoms with van der Waals surface area (Å²) in [7, 11) is 3.77. The SMILES string of the molecule is CO[C@@H]1CCN(C(=O)c2cn3c(n2)CN(C)CC3)C1.NC(=O)c1ccc(Cl)s1. The predicted molar refractivity (Wildman–Crippen MR) is 108 cm³/mol. The topological polar surface area (TPSA) is 93.7 Å². The Hall–Kier alpha value is -1.94. The second kappa shape index (κ2) is 9.04. The first-order chi connectivity index (χ1) is 13.4. The summed E-state index contributed by atoms with van der Waals surface area (Å²) in [5.74, 6) is 0.593. The molecule has 2 amide bonds. The molecule has 0 aromatic carbocycles. The molecule has 4 heterocycles. The minimum absolute atomic E-state index is 0.0316. The van der Waals surface area contributed by atoms with E-state index in [0.29, 0.717) is 21.5 Å². The second-order valence-corrected chi connectivity index (χ2v) is 8.55. The van der Waals surface area contributed by atoms with Crippen molar-refractivity contribution in [1.82, 2.24) is 19.4 Å². The van der Waals surface area contributed by atoms with E-state index in [9.17, 15) is 9.59 Å². The number of rotatable bonds is 3. The fourth-order valence-corrected chi connectivity index (χ4v) is 4.08. The zero-order chi connectivity index (χ0) is 20.3. The van der Waals surface area contributed by atoms with Gasteiger partial charge in [0.2, 0.25) is 0 Å². The molecule has 2 aliphatic rings. The Balaban J connectivity index is 0.000000211. The maximum absolute atomic E-state index is 12.4. The Morgan fingerprint density at radius 1 is 1.32 bits per heavy atom. The molecule has 0 bridgehead atoms. The first-order valence-electron chi connectivity index (χ1n) is 8.99. The van der Waals surface area contributed by atoms with Crippen LogP contribution in [-0.2, 0) is 17.8 Å². The lowest BCUT2D eigenvalue weighted by Gasteiger charge is -2.22. The van der Waals surface area contributed by atoms with Gasteiger partial charge < -0.3 is 19.9 Å². The highest BCUT2D eigenvalue weighted by atomic mass is 35.5. The van der Waals surface area contributed by atoms with Crippen molar-refractivity contribution in [2.45, 2.75) is 25.6 Å². The van der Waals surface area contributed by atoms with Crippen LogP contribution in [0.2, 0.25) is 4.34 Å². The van der Waals surface area contributed by atoms with E-state index in [1.54, 1.807) is 19.2 Å². The van der Waals surface area contributed by atoms with E-state index in [1.165, 1.54) is 11.3 Å². The number of amides is 2. The summed E-state index contributed by atoms with van der Waals surface area (Å²) in [6.45, 7) is 4.17. The van der Waals surface area contributed by atoms with Gasteiger partial charge in [0.1, 0.15) is 11.5 Å². The van der Waals surface area contributed by atoms with Crippen LogP contribution in [0.15, 0.2) is 18.3 Å². The molecule has 152 valence electrons. The smallest absolute Gasteiger partial charge is 0.274 e. The summed E-state index contributed by atoms with van der Waals surface area (Å²) in [5, 5.41) is 0. The molecule has 2 N–H and O–H groups in total. The minimum Gasteiger partial charge on any atom is -0.380 e. The van der Waals surface area contributed by atoms with Crippen LogP contribution < -0.4 is 5.73 Å². The molecule has 0 spiro atoms. The van der Waals surface area contributed by atoms with Crippen LogP contribution in [0.3, 0.4) is 0 Å². The lowest BCUT2D eigenvalue weighted by Crippen LogP contribution is -2.30. The fraction of sp³-hybridized carbons (Fsp3) is 0.500. The average Bonchev–Trinajstić information content (AvgIpc) is 3.40. The average molecular weight is 426 g/mol. The van der Waals surface area contributed by atoms with Gasteiger partial charge in [-0.2, -0.15) is 0 Å². The molecule has 1 saturated heterocycles. The number of hydrogen-bond acceptors (Lipinski definition) is 6. The van der Waals surface area contributed by atoms with E-state index < -0.39 is 5.91 Å². The van der Waals surface area contributed by atoms with E-state index >= 15 is 0 Å². The van der Waals surface area contributed by atoms with Crippen LogP contribution in [0.25, 0.3) is 0 Å². The maximum Gasteiger partial charge on any atom is 0.274 e. The number of carbonyl (C=O) groups excluding carboxylic acids is 2. The van der Waals surface area contributed by atoms with E-state index in [-0.39, 0.29) is 12.0 Å². The van der Waals surface area contributed by atoms with Crippen LogP contribution >= 0.6 is 22.9 Å². The molecule has 4 rings (SSSR count). The Labute approximate surface area is 172 Å². The molecule has 10 heteroatoms. The van der Waals surface area contributed by atoms with Gasteiger partial charge in [0, 0.05) is 39.5 Å². The Kier molecular flexibility index (Phi) is 6.71. The number of primary amides is 1. The number of nitrogens with zero attached hydrogens (tertiary/aromatic N) is 4. The molecule has 28 heavy (non-hydrogen) atoms. The van der Waals surface area contributed by atoms with Gasteiger partial charge >= 0.3 is 0 Å². The van der Waals surface area contributed by atoms with Gasteiger partial charge in [-0.1, -0.05) is 11.6 Å². The molecule has 0 radical (unpaired) electrons. The maximum atomic E-state index is 12.4. The second-order valence-electron chi connectivity index (χ2n) is 6.84. The zero-order valence-corrected chi connectivity index (χ0v) is 17.5. The molecule has 8 nitrogen and oxygen atoms in total. The highest BCUT2D eigenvalue weighted by Crippen LogP contribution is 2.20. The number of likely N-dealkylation sites (N-methyl/N-ethyl adjacent to an activating group) is 1. The molecular formula is C18H24ClN5O3S. The monoisotopic (exact) mass is 425 g/mol. The van der Waals surface area contributed by atoms with Gasteiger partial charge in [0.25, 0.3) is 11.8 Å². The molecule has 0 saturated carbocycles. The Morgan fingerprint density at radius 2 is 2.11 bits per heavy atom. The number of imidazole rings is 1. The van der Waals surface area contributed by atoms with Crippen LogP contribution in [0.1, 0.15) is 32.4 Å². The number of thiophene rings is 1. The van der Waals surface area contributed by atoms with E-state index in [2.05, 4.69) is 21.5 Å². The number of ether oxygens (including phenoxy) is 1. The number of likely N-dealkylation sites (tertiary alicyclic amines) is 1. The number of halogens is 1. The summed E-state index contributed by atoms with van der Waals surface area (Å²) in [5.41, 5.74) is 5.51. The number of hydrogen-bond donors (Lipinski definition) is 1. The van der Waals surface area contributed by atoms with E-state index in [1.807, 2.05) is 11.1 Å². The quantitative estimate of drug-likeness (QED) is 0.807. The van der Waals surface area contributed by atoms with Gasteiger partial charge in [0.05, 0.1) is 21.9 Å². The standard InChI is InChI=1S/C13H20N4O2.C5H4ClNOS/c1-15-5-6-16-8-11(14-12(16)9-15)13(18)17-4-3-10(7-17)19-2;6-4-2-1-3(9-4)5(7)8/h8,10H,3-7,9H2,1-2H3;1-2H,(H2,7,8)/t10-;/m1./s1. The van der Waals surface area contributed by atoms with Gasteiger partial charge in [-0.15, -0.1) is 11.3 Å². The van der Waals surface area contributed by atoms with Crippen molar-refractivity contribution in [3.8, 4) is 0 Å². The molecule has 1 atom stereocenters. The summed E-state index contributed by atoms with van der Waals surface area (Å²) >= 11 is 6.70. The van der Waals surface area contributed by atoms with Crippen molar-refractivity contribution in [3.63, 3.8) is 0 Å². The Bertz CT molecular complexity index is 852. The van der Waals surface area contributed by atoms with E-state index in [0.717, 1.165) is 38.4 Å². The van der Waals surface area contributed by atoms with Gasteiger partial charge in [-0.3, -0.25) is 14.5 Å². The number of carbonyl (C=O) groups is 2. The normalized spacial score (nSPS) is 19.1. The van der Waals surface area contributed by atoms with Crippen LogP contribution in [0.5, 0.6) is 0 Å². The molecule has 0 unspecified atom stereocenters.